The Hall–Kier alpha value is -3.35. The number of imide groups is 1. The molecule has 26 heavy (non-hydrogen) atoms. The first-order chi connectivity index (χ1) is 12.6. The van der Waals surface area contributed by atoms with Crippen LogP contribution in [0.15, 0.2) is 42.5 Å². The highest BCUT2D eigenvalue weighted by Crippen LogP contribution is 2.25. The minimum atomic E-state index is -0.610. The molecule has 2 aromatic carbocycles. The van der Waals surface area contributed by atoms with Crippen molar-refractivity contribution in [2.24, 2.45) is 0 Å². The molecule has 0 aliphatic carbocycles. The minimum absolute atomic E-state index is 0.0173. The first-order valence-corrected chi connectivity index (χ1v) is 7.91. The van der Waals surface area contributed by atoms with Gasteiger partial charge in [-0.25, -0.2) is 4.79 Å². The van der Waals surface area contributed by atoms with Gasteiger partial charge in [-0.3, -0.25) is 14.5 Å². The van der Waals surface area contributed by atoms with E-state index in [0.717, 1.165) is 4.90 Å². The van der Waals surface area contributed by atoms with Crippen LogP contribution in [0.1, 0.15) is 31.1 Å². The van der Waals surface area contributed by atoms with Crippen molar-refractivity contribution in [2.45, 2.75) is 0 Å². The molecule has 0 aromatic heterocycles. The van der Waals surface area contributed by atoms with Crippen LogP contribution in [0, 0.1) is 0 Å². The lowest BCUT2D eigenvalue weighted by molar-refractivity contribution is 0.0417. The fraction of sp³-hybridized carbons (Fsp3) is 0.211. The Bertz CT molecular complexity index is 841. The van der Waals surface area contributed by atoms with E-state index in [1.54, 1.807) is 36.4 Å². The van der Waals surface area contributed by atoms with E-state index in [-0.39, 0.29) is 30.5 Å². The van der Waals surface area contributed by atoms with E-state index in [1.165, 1.54) is 20.3 Å². The highest BCUT2D eigenvalue weighted by Gasteiger charge is 2.34. The maximum atomic E-state index is 12.3. The molecule has 0 unspecified atom stereocenters. The van der Waals surface area contributed by atoms with Gasteiger partial charge in [-0.2, -0.15) is 0 Å². The van der Waals surface area contributed by atoms with Crippen LogP contribution in [0.2, 0.25) is 0 Å². The van der Waals surface area contributed by atoms with Crippen molar-refractivity contribution < 1.29 is 28.6 Å². The fourth-order valence-electron chi connectivity index (χ4n) is 2.72. The highest BCUT2D eigenvalue weighted by atomic mass is 16.5. The molecule has 0 saturated heterocycles. The molecule has 134 valence electrons. The smallest absolute Gasteiger partial charge is 0.341 e. The molecule has 0 radical (unpaired) electrons. The molecule has 0 atom stereocenters. The van der Waals surface area contributed by atoms with Gasteiger partial charge in [0.1, 0.15) is 23.7 Å². The fourth-order valence-corrected chi connectivity index (χ4v) is 2.72. The predicted molar refractivity (Wildman–Crippen MR) is 91.6 cm³/mol. The summed E-state index contributed by atoms with van der Waals surface area (Å²) < 4.78 is 15.4. The second-order valence-electron chi connectivity index (χ2n) is 5.51. The van der Waals surface area contributed by atoms with Crippen LogP contribution in [0.3, 0.4) is 0 Å². The number of carbonyl (C=O) groups excluding carboxylic acids is 3. The molecule has 0 saturated carbocycles. The number of esters is 1. The van der Waals surface area contributed by atoms with Crippen molar-refractivity contribution in [3.8, 4) is 11.5 Å². The molecule has 0 N–H and O–H groups in total. The SMILES string of the molecule is COc1ccc(C(=O)OCCN2C(=O)c3ccccc3C2=O)c(OC)c1. The van der Waals surface area contributed by atoms with Gasteiger partial charge in [-0.05, 0) is 24.3 Å². The summed E-state index contributed by atoms with van der Waals surface area (Å²) in [4.78, 5) is 37.8. The quantitative estimate of drug-likeness (QED) is 0.583. The zero-order chi connectivity index (χ0) is 18.7. The number of amides is 2. The summed E-state index contributed by atoms with van der Waals surface area (Å²) in [5, 5.41) is 0. The summed E-state index contributed by atoms with van der Waals surface area (Å²) >= 11 is 0. The Morgan fingerprint density at radius 1 is 0.962 bits per heavy atom. The van der Waals surface area contributed by atoms with E-state index < -0.39 is 5.97 Å². The Kier molecular flexibility index (Phi) is 4.88. The van der Waals surface area contributed by atoms with Crippen LogP contribution >= 0.6 is 0 Å². The summed E-state index contributed by atoms with van der Waals surface area (Å²) in [7, 11) is 2.94. The van der Waals surface area contributed by atoms with Crippen LogP contribution in [0.5, 0.6) is 11.5 Å². The second kappa shape index (κ2) is 7.26. The van der Waals surface area contributed by atoms with Gasteiger partial charge in [0.25, 0.3) is 11.8 Å². The van der Waals surface area contributed by atoms with E-state index in [2.05, 4.69) is 0 Å². The summed E-state index contributed by atoms with van der Waals surface area (Å²) in [6, 6.07) is 11.3. The number of fused-ring (bicyclic) bond motifs is 1. The molecule has 0 bridgehead atoms. The van der Waals surface area contributed by atoms with E-state index in [4.69, 9.17) is 14.2 Å². The number of carbonyl (C=O) groups is 3. The highest BCUT2D eigenvalue weighted by molar-refractivity contribution is 6.21. The Morgan fingerprint density at radius 3 is 2.19 bits per heavy atom. The standard InChI is InChI=1S/C19H17NO6/c1-24-12-7-8-15(16(11-12)25-2)19(23)26-10-9-20-17(21)13-5-3-4-6-14(13)18(20)22/h3-8,11H,9-10H2,1-2H3. The second-order valence-corrected chi connectivity index (χ2v) is 5.51. The van der Waals surface area contributed by atoms with Gasteiger partial charge in [0.05, 0.1) is 31.9 Å². The van der Waals surface area contributed by atoms with Gasteiger partial charge < -0.3 is 14.2 Å². The maximum absolute atomic E-state index is 12.3. The lowest BCUT2D eigenvalue weighted by Gasteiger charge is -2.14. The number of methoxy groups -OCH3 is 2. The molecule has 1 aliphatic heterocycles. The van der Waals surface area contributed by atoms with Crippen LogP contribution in [-0.4, -0.2) is 50.1 Å². The number of benzene rings is 2. The summed E-state index contributed by atoms with van der Waals surface area (Å²) in [6.45, 7) is -0.129. The average Bonchev–Trinajstić information content (AvgIpc) is 2.92. The molecule has 7 heteroatoms. The van der Waals surface area contributed by atoms with E-state index in [0.29, 0.717) is 22.6 Å². The molecule has 7 nitrogen and oxygen atoms in total. The lowest BCUT2D eigenvalue weighted by atomic mass is 10.1. The summed E-state index contributed by atoms with van der Waals surface area (Å²) in [6.07, 6.45) is 0. The molecule has 1 heterocycles. The summed E-state index contributed by atoms with van der Waals surface area (Å²) in [5.41, 5.74) is 0.956. The Balaban J connectivity index is 1.63. The molecular formula is C19H17NO6. The molecule has 2 amide bonds. The average molecular weight is 355 g/mol. The van der Waals surface area contributed by atoms with E-state index in [9.17, 15) is 14.4 Å². The monoisotopic (exact) mass is 355 g/mol. The molecule has 0 spiro atoms. The third-order valence-corrected chi connectivity index (χ3v) is 4.05. The van der Waals surface area contributed by atoms with Gasteiger partial charge in [-0.1, -0.05) is 12.1 Å². The third kappa shape index (κ3) is 3.11. The van der Waals surface area contributed by atoms with Gasteiger partial charge in [0.15, 0.2) is 0 Å². The van der Waals surface area contributed by atoms with Crippen LogP contribution in [-0.2, 0) is 4.74 Å². The van der Waals surface area contributed by atoms with Crippen molar-refractivity contribution in [3.05, 3.63) is 59.2 Å². The number of ether oxygens (including phenoxy) is 3. The maximum Gasteiger partial charge on any atom is 0.341 e. The van der Waals surface area contributed by atoms with Crippen molar-refractivity contribution in [1.29, 1.82) is 0 Å². The largest absolute Gasteiger partial charge is 0.497 e. The van der Waals surface area contributed by atoms with Gasteiger partial charge in [0.2, 0.25) is 0 Å². The summed E-state index contributed by atoms with van der Waals surface area (Å²) in [5.74, 6) is -0.520. The van der Waals surface area contributed by atoms with Crippen LogP contribution in [0.25, 0.3) is 0 Å². The third-order valence-electron chi connectivity index (χ3n) is 4.05. The van der Waals surface area contributed by atoms with Crippen molar-refractivity contribution in [3.63, 3.8) is 0 Å². The van der Waals surface area contributed by atoms with Crippen molar-refractivity contribution in [2.75, 3.05) is 27.4 Å². The molecule has 0 fully saturated rings. The van der Waals surface area contributed by atoms with Crippen molar-refractivity contribution in [1.82, 2.24) is 4.90 Å². The number of hydrogen-bond acceptors (Lipinski definition) is 6. The van der Waals surface area contributed by atoms with E-state index in [1.807, 2.05) is 0 Å². The molecule has 2 aromatic rings. The van der Waals surface area contributed by atoms with Crippen molar-refractivity contribution >= 4 is 17.8 Å². The zero-order valence-electron chi connectivity index (χ0n) is 14.4. The molecule has 1 aliphatic rings. The topological polar surface area (TPSA) is 82.1 Å². The Labute approximate surface area is 150 Å². The molecule has 3 rings (SSSR count). The first-order valence-electron chi connectivity index (χ1n) is 7.91. The Morgan fingerprint density at radius 2 is 1.62 bits per heavy atom. The van der Waals surface area contributed by atoms with Gasteiger partial charge in [0, 0.05) is 6.07 Å². The van der Waals surface area contributed by atoms with Crippen LogP contribution < -0.4 is 9.47 Å². The predicted octanol–water partition coefficient (Wildman–Crippen LogP) is 2.16. The van der Waals surface area contributed by atoms with Gasteiger partial charge in [-0.15, -0.1) is 0 Å². The molecular weight excluding hydrogens is 338 g/mol. The van der Waals surface area contributed by atoms with E-state index >= 15 is 0 Å². The number of hydrogen-bond donors (Lipinski definition) is 0. The number of nitrogens with zero attached hydrogens (tertiary/aromatic N) is 1. The van der Waals surface area contributed by atoms with Gasteiger partial charge >= 0.3 is 5.97 Å². The lowest BCUT2D eigenvalue weighted by Crippen LogP contribution is -2.33. The first kappa shape index (κ1) is 17.5. The number of rotatable bonds is 6. The normalized spacial score (nSPS) is 12.8. The minimum Gasteiger partial charge on any atom is -0.497 e. The van der Waals surface area contributed by atoms with Crippen LogP contribution in [0.4, 0.5) is 0 Å². The zero-order valence-corrected chi connectivity index (χ0v) is 14.4.